The average Bonchev–Trinajstić information content (AvgIpc) is 2.39. The third kappa shape index (κ3) is 3.91. The molecular formula is C14H12F3NO. The lowest BCUT2D eigenvalue weighted by atomic mass is 10.3. The van der Waals surface area contributed by atoms with Crippen LogP contribution in [0.3, 0.4) is 0 Å². The lowest BCUT2D eigenvalue weighted by Gasteiger charge is -2.08. The predicted octanol–water partition coefficient (Wildman–Crippen LogP) is 3.59. The van der Waals surface area contributed by atoms with Crippen LogP contribution in [0.4, 0.5) is 18.9 Å². The van der Waals surface area contributed by atoms with E-state index in [0.29, 0.717) is 12.2 Å². The molecule has 0 aromatic heterocycles. The van der Waals surface area contributed by atoms with E-state index in [9.17, 15) is 13.2 Å². The maximum absolute atomic E-state index is 12.9. The largest absolute Gasteiger partial charge is 0.492 e. The molecule has 2 aromatic carbocycles. The second-order valence-corrected chi connectivity index (χ2v) is 3.86. The Morgan fingerprint density at radius 2 is 1.79 bits per heavy atom. The number of nitrogens with one attached hydrogen (secondary N) is 1. The number of hydrogen-bond donors (Lipinski definition) is 1. The predicted molar refractivity (Wildman–Crippen MR) is 66.7 cm³/mol. The topological polar surface area (TPSA) is 21.3 Å². The summed E-state index contributed by atoms with van der Waals surface area (Å²) < 4.78 is 43.7. The number of rotatable bonds is 5. The van der Waals surface area contributed by atoms with Crippen LogP contribution in [0.15, 0.2) is 42.5 Å². The highest BCUT2D eigenvalue weighted by molar-refractivity contribution is 5.42. The summed E-state index contributed by atoms with van der Waals surface area (Å²) in [5.74, 6) is -1.94. The summed E-state index contributed by atoms with van der Waals surface area (Å²) in [5.41, 5.74) is 0.633. The van der Waals surface area contributed by atoms with Crippen LogP contribution in [-0.2, 0) is 0 Å². The molecule has 0 bridgehead atoms. The normalized spacial score (nSPS) is 10.3. The molecule has 5 heteroatoms. The van der Waals surface area contributed by atoms with Gasteiger partial charge in [-0.2, -0.15) is 0 Å². The number of hydrogen-bond acceptors (Lipinski definition) is 2. The molecule has 19 heavy (non-hydrogen) atoms. The monoisotopic (exact) mass is 267 g/mol. The van der Waals surface area contributed by atoms with Crippen molar-refractivity contribution in [1.82, 2.24) is 0 Å². The van der Waals surface area contributed by atoms with Crippen LogP contribution in [0.1, 0.15) is 0 Å². The van der Waals surface area contributed by atoms with Gasteiger partial charge in [0.2, 0.25) is 0 Å². The van der Waals surface area contributed by atoms with Crippen molar-refractivity contribution < 1.29 is 17.9 Å². The van der Waals surface area contributed by atoms with E-state index in [1.807, 2.05) is 0 Å². The highest BCUT2D eigenvalue weighted by atomic mass is 19.2. The van der Waals surface area contributed by atoms with Crippen molar-refractivity contribution in [3.05, 3.63) is 59.9 Å². The molecule has 0 aliphatic rings. The molecule has 0 heterocycles. The molecule has 0 saturated carbocycles. The zero-order chi connectivity index (χ0) is 13.7. The first-order chi connectivity index (χ1) is 9.15. The summed E-state index contributed by atoms with van der Waals surface area (Å²) in [6.45, 7) is 0.671. The molecule has 0 amide bonds. The third-order valence-electron chi connectivity index (χ3n) is 2.42. The van der Waals surface area contributed by atoms with E-state index in [2.05, 4.69) is 5.32 Å². The van der Waals surface area contributed by atoms with Crippen LogP contribution in [-0.4, -0.2) is 13.2 Å². The molecule has 100 valence electrons. The second-order valence-electron chi connectivity index (χ2n) is 3.86. The van der Waals surface area contributed by atoms with Gasteiger partial charge in [-0.25, -0.2) is 13.2 Å². The molecule has 1 N–H and O–H groups in total. The highest BCUT2D eigenvalue weighted by Crippen LogP contribution is 2.15. The van der Waals surface area contributed by atoms with Gasteiger partial charge in [-0.1, -0.05) is 6.07 Å². The number of halogens is 3. The Morgan fingerprint density at radius 1 is 0.947 bits per heavy atom. The number of benzene rings is 2. The van der Waals surface area contributed by atoms with Crippen molar-refractivity contribution in [2.75, 3.05) is 18.5 Å². The maximum Gasteiger partial charge on any atom is 0.162 e. The van der Waals surface area contributed by atoms with E-state index < -0.39 is 11.6 Å². The molecule has 2 rings (SSSR count). The van der Waals surface area contributed by atoms with Crippen molar-refractivity contribution >= 4 is 5.69 Å². The quantitative estimate of drug-likeness (QED) is 0.836. The van der Waals surface area contributed by atoms with Crippen molar-refractivity contribution in [2.45, 2.75) is 0 Å². The van der Waals surface area contributed by atoms with Crippen molar-refractivity contribution in [3.63, 3.8) is 0 Å². The van der Waals surface area contributed by atoms with E-state index in [-0.39, 0.29) is 18.2 Å². The summed E-state index contributed by atoms with van der Waals surface area (Å²) in [4.78, 5) is 0. The van der Waals surface area contributed by atoms with Crippen molar-refractivity contribution in [3.8, 4) is 5.75 Å². The standard InChI is InChI=1S/C14H12F3NO/c15-10-2-1-3-11(8-10)18-6-7-19-12-4-5-13(16)14(17)9-12/h1-5,8-9,18H,6-7H2. The molecule has 0 aliphatic carbocycles. The molecule has 0 unspecified atom stereocenters. The Bertz CT molecular complexity index is 560. The van der Waals surface area contributed by atoms with E-state index in [0.717, 1.165) is 12.1 Å². The van der Waals surface area contributed by atoms with Gasteiger partial charge in [-0.15, -0.1) is 0 Å². The van der Waals surface area contributed by atoms with Crippen LogP contribution in [0.25, 0.3) is 0 Å². The Labute approximate surface area is 108 Å². The van der Waals surface area contributed by atoms with Crippen LogP contribution in [0.5, 0.6) is 5.75 Å². The first-order valence-corrected chi connectivity index (χ1v) is 5.72. The van der Waals surface area contributed by atoms with Crippen LogP contribution >= 0.6 is 0 Å². The summed E-state index contributed by atoms with van der Waals surface area (Å²) in [5, 5.41) is 2.95. The van der Waals surface area contributed by atoms with Gasteiger partial charge in [0, 0.05) is 18.3 Å². The molecular weight excluding hydrogens is 255 g/mol. The van der Waals surface area contributed by atoms with Crippen LogP contribution in [0, 0.1) is 17.5 Å². The molecule has 0 fully saturated rings. The lowest BCUT2D eigenvalue weighted by molar-refractivity contribution is 0.329. The summed E-state index contributed by atoms with van der Waals surface area (Å²) in [6, 6.07) is 9.36. The minimum atomic E-state index is -0.949. The fourth-order valence-electron chi connectivity index (χ4n) is 1.53. The van der Waals surface area contributed by atoms with E-state index >= 15 is 0 Å². The maximum atomic E-state index is 12.9. The van der Waals surface area contributed by atoms with E-state index in [4.69, 9.17) is 4.74 Å². The number of anilines is 1. The number of ether oxygens (including phenoxy) is 1. The fourth-order valence-corrected chi connectivity index (χ4v) is 1.53. The van der Waals surface area contributed by atoms with E-state index in [1.54, 1.807) is 12.1 Å². The average molecular weight is 267 g/mol. The summed E-state index contributed by atoms with van der Waals surface area (Å²) in [7, 11) is 0. The Hall–Kier alpha value is -2.17. The van der Waals surface area contributed by atoms with Gasteiger partial charge in [0.1, 0.15) is 18.2 Å². The molecule has 0 atom stereocenters. The Balaban J connectivity index is 1.79. The van der Waals surface area contributed by atoms with Gasteiger partial charge in [0.05, 0.1) is 0 Å². The smallest absolute Gasteiger partial charge is 0.162 e. The van der Waals surface area contributed by atoms with Gasteiger partial charge >= 0.3 is 0 Å². The molecule has 0 spiro atoms. The highest BCUT2D eigenvalue weighted by Gasteiger charge is 2.02. The van der Waals surface area contributed by atoms with Crippen LogP contribution in [0.2, 0.25) is 0 Å². The second kappa shape index (κ2) is 6.13. The first-order valence-electron chi connectivity index (χ1n) is 5.72. The molecule has 2 nitrogen and oxygen atoms in total. The first kappa shape index (κ1) is 13.3. The Kier molecular flexibility index (Phi) is 4.28. The van der Waals surface area contributed by atoms with Gasteiger partial charge in [-0.3, -0.25) is 0 Å². The summed E-state index contributed by atoms with van der Waals surface area (Å²) >= 11 is 0. The third-order valence-corrected chi connectivity index (χ3v) is 2.42. The zero-order valence-corrected chi connectivity index (χ0v) is 10.00. The van der Waals surface area contributed by atoms with Gasteiger partial charge < -0.3 is 10.1 Å². The van der Waals surface area contributed by atoms with Gasteiger partial charge in [-0.05, 0) is 30.3 Å². The lowest BCUT2D eigenvalue weighted by Crippen LogP contribution is -2.11. The Morgan fingerprint density at radius 3 is 2.53 bits per heavy atom. The SMILES string of the molecule is Fc1cccc(NCCOc2ccc(F)c(F)c2)c1. The van der Waals surface area contributed by atoms with E-state index in [1.165, 1.54) is 18.2 Å². The van der Waals surface area contributed by atoms with Crippen molar-refractivity contribution in [2.24, 2.45) is 0 Å². The molecule has 0 saturated heterocycles. The molecule has 0 radical (unpaired) electrons. The van der Waals surface area contributed by atoms with Gasteiger partial charge in [0.15, 0.2) is 11.6 Å². The van der Waals surface area contributed by atoms with Crippen molar-refractivity contribution in [1.29, 1.82) is 0 Å². The van der Waals surface area contributed by atoms with Crippen LogP contribution < -0.4 is 10.1 Å². The molecule has 2 aromatic rings. The fraction of sp³-hybridized carbons (Fsp3) is 0.143. The minimum absolute atomic E-state index is 0.250. The van der Waals surface area contributed by atoms with Gasteiger partial charge in [0.25, 0.3) is 0 Å². The minimum Gasteiger partial charge on any atom is -0.492 e. The summed E-state index contributed by atoms with van der Waals surface area (Å²) in [6.07, 6.45) is 0. The molecule has 0 aliphatic heterocycles. The zero-order valence-electron chi connectivity index (χ0n) is 10.00.